The van der Waals surface area contributed by atoms with Crippen LogP contribution < -0.4 is 5.32 Å². The van der Waals surface area contributed by atoms with Crippen molar-refractivity contribution in [3.05, 3.63) is 77.6 Å². The number of hydrogen-bond acceptors (Lipinski definition) is 4. The largest absolute Gasteiger partial charge is 0.392 e. The van der Waals surface area contributed by atoms with E-state index in [0.717, 1.165) is 48.0 Å². The van der Waals surface area contributed by atoms with Crippen molar-refractivity contribution in [3.63, 3.8) is 0 Å². The molecule has 2 aromatic carbocycles. The molecule has 2 heterocycles. The Morgan fingerprint density at radius 1 is 1.07 bits per heavy atom. The fraction of sp³-hybridized carbons (Fsp3) is 0.333. The zero-order valence-corrected chi connectivity index (χ0v) is 16.6. The number of likely N-dealkylation sites (tertiary alicyclic amines) is 1. The van der Waals surface area contributed by atoms with Crippen molar-refractivity contribution >= 4 is 16.7 Å². The molecule has 1 unspecified atom stereocenters. The number of amides is 1. The number of pyridine rings is 1. The maximum atomic E-state index is 12.4. The molecule has 29 heavy (non-hydrogen) atoms. The van der Waals surface area contributed by atoms with Crippen LogP contribution in [0.1, 0.15) is 29.5 Å². The van der Waals surface area contributed by atoms with Crippen molar-refractivity contribution in [2.45, 2.75) is 38.5 Å². The summed E-state index contributed by atoms with van der Waals surface area (Å²) in [6, 6.07) is 16.3. The summed E-state index contributed by atoms with van der Waals surface area (Å²) in [5, 5.41) is 15.1. The zero-order chi connectivity index (χ0) is 20.1. The highest BCUT2D eigenvalue weighted by molar-refractivity contribution is 5.85. The molecule has 0 aliphatic carbocycles. The van der Waals surface area contributed by atoms with Crippen LogP contribution in [0.4, 0.5) is 0 Å². The van der Waals surface area contributed by atoms with E-state index in [2.05, 4.69) is 33.4 Å². The van der Waals surface area contributed by atoms with Gasteiger partial charge in [0.15, 0.2) is 0 Å². The molecule has 1 atom stereocenters. The molecule has 4 rings (SSSR count). The van der Waals surface area contributed by atoms with Gasteiger partial charge in [0, 0.05) is 50.4 Å². The smallest absolute Gasteiger partial charge is 0.220 e. The van der Waals surface area contributed by atoms with Crippen LogP contribution in [0, 0.1) is 0 Å². The lowest BCUT2D eigenvalue weighted by Gasteiger charge is -2.18. The normalized spacial score (nSPS) is 16.9. The molecule has 1 aliphatic rings. The van der Waals surface area contributed by atoms with Gasteiger partial charge in [-0.2, -0.15) is 0 Å². The average Bonchev–Trinajstić information content (AvgIpc) is 3.16. The molecule has 0 bridgehead atoms. The van der Waals surface area contributed by atoms with Gasteiger partial charge in [-0.3, -0.25) is 14.7 Å². The average molecular weight is 389 g/mol. The fourth-order valence-electron chi connectivity index (χ4n) is 3.99. The molecule has 1 aliphatic heterocycles. The number of carbonyl (C=O) groups excluding carboxylic acids is 1. The first kappa shape index (κ1) is 19.6. The van der Waals surface area contributed by atoms with Crippen molar-refractivity contribution in [3.8, 4) is 0 Å². The first-order chi connectivity index (χ1) is 14.2. The number of carbonyl (C=O) groups is 1. The van der Waals surface area contributed by atoms with E-state index in [9.17, 15) is 9.90 Å². The van der Waals surface area contributed by atoms with Crippen LogP contribution in [-0.2, 0) is 24.3 Å². The number of nitrogens with zero attached hydrogens (tertiary/aromatic N) is 2. The minimum Gasteiger partial charge on any atom is -0.392 e. The van der Waals surface area contributed by atoms with Crippen molar-refractivity contribution in [2.24, 2.45) is 0 Å². The SMILES string of the molecule is O=C(CCc1cncc2ccccc12)NCc1ccccc1CN1CCC(O)C1. The molecule has 150 valence electrons. The highest BCUT2D eigenvalue weighted by Gasteiger charge is 2.20. The van der Waals surface area contributed by atoms with Crippen LogP contribution >= 0.6 is 0 Å². The van der Waals surface area contributed by atoms with E-state index in [-0.39, 0.29) is 12.0 Å². The van der Waals surface area contributed by atoms with E-state index in [1.54, 1.807) is 0 Å². The van der Waals surface area contributed by atoms with E-state index in [0.29, 0.717) is 19.4 Å². The number of rotatable bonds is 7. The van der Waals surface area contributed by atoms with Gasteiger partial charge in [-0.25, -0.2) is 0 Å². The summed E-state index contributed by atoms with van der Waals surface area (Å²) in [5.74, 6) is 0.0457. The zero-order valence-electron chi connectivity index (χ0n) is 16.6. The Hall–Kier alpha value is -2.76. The van der Waals surface area contributed by atoms with Gasteiger partial charge < -0.3 is 10.4 Å². The Morgan fingerprint density at radius 3 is 2.69 bits per heavy atom. The Balaban J connectivity index is 1.33. The maximum Gasteiger partial charge on any atom is 0.220 e. The summed E-state index contributed by atoms with van der Waals surface area (Å²) in [7, 11) is 0. The standard InChI is InChI=1S/C24H27N3O2/c28-22-11-12-27(17-22)16-21-7-2-1-5-18(21)15-26-24(29)10-9-20-14-25-13-19-6-3-4-8-23(19)20/h1-8,13-14,22,28H,9-12,15-17H2,(H,26,29). The minimum atomic E-state index is -0.217. The van der Waals surface area contributed by atoms with Crippen molar-refractivity contribution < 1.29 is 9.90 Å². The Labute approximate surface area is 171 Å². The highest BCUT2D eigenvalue weighted by atomic mass is 16.3. The summed E-state index contributed by atoms with van der Waals surface area (Å²) in [6.45, 7) is 2.98. The number of benzene rings is 2. The highest BCUT2D eigenvalue weighted by Crippen LogP contribution is 2.19. The summed E-state index contributed by atoms with van der Waals surface area (Å²) in [6.07, 6.45) is 5.45. The van der Waals surface area contributed by atoms with Gasteiger partial charge in [-0.05, 0) is 34.9 Å². The molecule has 2 N–H and O–H groups in total. The van der Waals surface area contributed by atoms with Gasteiger partial charge in [0.05, 0.1) is 6.10 Å². The number of aliphatic hydroxyl groups excluding tert-OH is 1. The van der Waals surface area contributed by atoms with E-state index >= 15 is 0 Å². The third-order valence-corrected chi connectivity index (χ3v) is 5.61. The Morgan fingerprint density at radius 2 is 1.86 bits per heavy atom. The van der Waals surface area contributed by atoms with Crippen LogP contribution in [0.3, 0.4) is 0 Å². The van der Waals surface area contributed by atoms with Crippen molar-refractivity contribution in [2.75, 3.05) is 13.1 Å². The van der Waals surface area contributed by atoms with Gasteiger partial charge in [0.1, 0.15) is 0 Å². The van der Waals surface area contributed by atoms with Crippen LogP contribution in [0.15, 0.2) is 60.9 Å². The van der Waals surface area contributed by atoms with E-state index in [1.165, 1.54) is 5.56 Å². The number of nitrogens with one attached hydrogen (secondary N) is 1. The molecular weight excluding hydrogens is 362 g/mol. The second kappa shape index (κ2) is 9.16. The molecule has 0 radical (unpaired) electrons. The number of aromatic nitrogens is 1. The molecule has 0 spiro atoms. The number of β-amino-alcohol motifs (C(OH)–C–C–N with tert-alkyl or cyclic N) is 1. The van der Waals surface area contributed by atoms with Gasteiger partial charge in [-0.1, -0.05) is 48.5 Å². The molecule has 5 heteroatoms. The van der Waals surface area contributed by atoms with Gasteiger partial charge >= 0.3 is 0 Å². The minimum absolute atomic E-state index is 0.0457. The topological polar surface area (TPSA) is 65.5 Å². The lowest BCUT2D eigenvalue weighted by molar-refractivity contribution is -0.121. The molecular formula is C24H27N3O2. The molecule has 0 saturated carbocycles. The lowest BCUT2D eigenvalue weighted by Crippen LogP contribution is -2.25. The van der Waals surface area contributed by atoms with Crippen molar-refractivity contribution in [1.82, 2.24) is 15.2 Å². The second-order valence-electron chi connectivity index (χ2n) is 7.74. The molecule has 1 saturated heterocycles. The van der Waals surface area contributed by atoms with Gasteiger partial charge in [0.25, 0.3) is 0 Å². The molecule has 5 nitrogen and oxygen atoms in total. The first-order valence-corrected chi connectivity index (χ1v) is 10.2. The summed E-state index contributed by atoms with van der Waals surface area (Å²) in [5.41, 5.74) is 3.44. The third-order valence-electron chi connectivity index (χ3n) is 5.61. The fourth-order valence-corrected chi connectivity index (χ4v) is 3.99. The first-order valence-electron chi connectivity index (χ1n) is 10.2. The van der Waals surface area contributed by atoms with Crippen LogP contribution in [0.2, 0.25) is 0 Å². The van der Waals surface area contributed by atoms with Crippen LogP contribution in [0.5, 0.6) is 0 Å². The van der Waals surface area contributed by atoms with E-state index in [4.69, 9.17) is 0 Å². The predicted molar refractivity (Wildman–Crippen MR) is 114 cm³/mol. The van der Waals surface area contributed by atoms with Crippen LogP contribution in [-0.4, -0.2) is 40.1 Å². The molecule has 3 aromatic rings. The van der Waals surface area contributed by atoms with Gasteiger partial charge in [-0.15, -0.1) is 0 Å². The maximum absolute atomic E-state index is 12.4. The Kier molecular flexibility index (Phi) is 6.17. The molecule has 1 fully saturated rings. The van der Waals surface area contributed by atoms with E-state index in [1.807, 2.05) is 42.7 Å². The number of aliphatic hydroxyl groups is 1. The Bertz CT molecular complexity index is 983. The predicted octanol–water partition coefficient (Wildman–Crippen LogP) is 3.05. The molecule has 1 aromatic heterocycles. The quantitative estimate of drug-likeness (QED) is 0.652. The summed E-state index contributed by atoms with van der Waals surface area (Å²) in [4.78, 5) is 19.0. The summed E-state index contributed by atoms with van der Waals surface area (Å²) >= 11 is 0. The van der Waals surface area contributed by atoms with E-state index < -0.39 is 0 Å². The lowest BCUT2D eigenvalue weighted by atomic mass is 10.0. The summed E-state index contributed by atoms with van der Waals surface area (Å²) < 4.78 is 0. The van der Waals surface area contributed by atoms with Gasteiger partial charge in [0.2, 0.25) is 5.91 Å². The number of hydrogen-bond donors (Lipinski definition) is 2. The van der Waals surface area contributed by atoms with Crippen molar-refractivity contribution in [1.29, 1.82) is 0 Å². The third kappa shape index (κ3) is 5.00. The molecule has 1 amide bonds. The second-order valence-corrected chi connectivity index (χ2v) is 7.74. The van der Waals surface area contributed by atoms with Crippen LogP contribution in [0.25, 0.3) is 10.8 Å². The number of aryl methyl sites for hydroxylation is 1. The monoisotopic (exact) mass is 389 g/mol. The number of fused-ring (bicyclic) bond motifs is 1.